The number of aryl methyl sites for hydroxylation is 1. The fraction of sp³-hybridized carbons (Fsp3) is 0.789. The minimum atomic E-state index is -4.73. The number of rotatable bonds is 4. The zero-order valence-electron chi connectivity index (χ0n) is 17.8. The van der Waals surface area contributed by atoms with Gasteiger partial charge in [-0.2, -0.15) is 17.5 Å². The maximum atomic E-state index is 13.1. The summed E-state index contributed by atoms with van der Waals surface area (Å²) in [6, 6.07) is 0.580. The first-order valence-electron chi connectivity index (χ1n) is 10.4. The van der Waals surface area contributed by atoms with Gasteiger partial charge in [0.05, 0.1) is 25.1 Å². The van der Waals surface area contributed by atoms with E-state index in [-0.39, 0.29) is 36.3 Å². The molecule has 2 fully saturated rings. The molecule has 176 valence electrons. The van der Waals surface area contributed by atoms with E-state index < -0.39 is 22.0 Å². The van der Waals surface area contributed by atoms with Crippen molar-refractivity contribution in [3.8, 4) is 0 Å². The van der Waals surface area contributed by atoms with Crippen molar-refractivity contribution < 1.29 is 31.1 Å². The number of alkyl halides is 3. The molecule has 0 spiro atoms. The standard InChI is InChI=1S/C19H29F3N4O4S/c1-14-17(12-23-18(24-14)19(20,21)22)31(27,28)26-7-3-4-16(13-30-11-8-26)25(2)15-5-9-29-10-6-15/h12,15-16H,3-11,13H2,1-2H3. The lowest BCUT2D eigenvalue weighted by Crippen LogP contribution is -2.45. The lowest BCUT2D eigenvalue weighted by Gasteiger charge is -2.37. The van der Waals surface area contributed by atoms with E-state index >= 15 is 0 Å². The maximum Gasteiger partial charge on any atom is 0.451 e. The Hall–Kier alpha value is -1.34. The molecule has 12 heteroatoms. The zero-order chi connectivity index (χ0) is 22.6. The number of halogens is 3. The van der Waals surface area contributed by atoms with Crippen molar-refractivity contribution in [1.82, 2.24) is 19.2 Å². The van der Waals surface area contributed by atoms with Gasteiger partial charge in [0, 0.05) is 38.4 Å². The summed E-state index contributed by atoms with van der Waals surface area (Å²) in [5, 5.41) is 0. The molecule has 8 nitrogen and oxygen atoms in total. The quantitative estimate of drug-likeness (QED) is 0.672. The van der Waals surface area contributed by atoms with Crippen molar-refractivity contribution in [2.75, 3.05) is 46.6 Å². The van der Waals surface area contributed by atoms with E-state index in [1.54, 1.807) is 0 Å². The summed E-state index contributed by atoms with van der Waals surface area (Å²) in [6.07, 6.45) is -0.703. The van der Waals surface area contributed by atoms with E-state index in [1.165, 1.54) is 11.2 Å². The van der Waals surface area contributed by atoms with Crippen LogP contribution in [-0.2, 0) is 25.7 Å². The molecule has 2 aliphatic rings. The van der Waals surface area contributed by atoms with Gasteiger partial charge in [-0.25, -0.2) is 18.4 Å². The van der Waals surface area contributed by atoms with Crippen molar-refractivity contribution >= 4 is 10.0 Å². The molecule has 1 aromatic heterocycles. The van der Waals surface area contributed by atoms with Crippen LogP contribution < -0.4 is 0 Å². The highest BCUT2D eigenvalue weighted by molar-refractivity contribution is 7.89. The van der Waals surface area contributed by atoms with E-state index in [2.05, 4.69) is 21.9 Å². The highest BCUT2D eigenvalue weighted by atomic mass is 32.2. The number of nitrogens with zero attached hydrogens (tertiary/aromatic N) is 4. The van der Waals surface area contributed by atoms with E-state index in [0.717, 1.165) is 38.7 Å². The van der Waals surface area contributed by atoms with Gasteiger partial charge in [0.2, 0.25) is 15.8 Å². The summed E-state index contributed by atoms with van der Waals surface area (Å²) >= 11 is 0. The molecule has 1 aromatic rings. The molecule has 1 unspecified atom stereocenters. The van der Waals surface area contributed by atoms with Crippen LogP contribution in [0.25, 0.3) is 0 Å². The Morgan fingerprint density at radius 1 is 1.10 bits per heavy atom. The molecule has 2 saturated heterocycles. The summed E-state index contributed by atoms with van der Waals surface area (Å²) < 4.78 is 77.1. The van der Waals surface area contributed by atoms with E-state index in [4.69, 9.17) is 9.47 Å². The van der Waals surface area contributed by atoms with Gasteiger partial charge >= 0.3 is 6.18 Å². The van der Waals surface area contributed by atoms with Crippen molar-refractivity contribution in [3.05, 3.63) is 17.7 Å². The average Bonchev–Trinajstić information content (AvgIpc) is 2.85. The van der Waals surface area contributed by atoms with E-state index in [9.17, 15) is 21.6 Å². The first-order chi connectivity index (χ1) is 14.6. The maximum absolute atomic E-state index is 13.1. The third-order valence-corrected chi connectivity index (χ3v) is 7.89. The minimum absolute atomic E-state index is 0.122. The van der Waals surface area contributed by atoms with Crippen molar-refractivity contribution in [1.29, 1.82) is 0 Å². The number of aromatic nitrogens is 2. The molecular formula is C19H29F3N4O4S. The fourth-order valence-electron chi connectivity index (χ4n) is 4.02. The second-order valence-electron chi connectivity index (χ2n) is 7.93. The highest BCUT2D eigenvalue weighted by Crippen LogP contribution is 2.28. The number of ether oxygens (including phenoxy) is 2. The van der Waals surface area contributed by atoms with Crippen LogP contribution in [0, 0.1) is 6.92 Å². The Kier molecular flexibility index (Phi) is 7.90. The lowest BCUT2D eigenvalue weighted by atomic mass is 10.0. The van der Waals surface area contributed by atoms with Gasteiger partial charge in [-0.05, 0) is 39.7 Å². The number of likely N-dealkylation sites (N-methyl/N-ethyl adjacent to an activating group) is 1. The average molecular weight is 467 g/mol. The Balaban J connectivity index is 1.69. The van der Waals surface area contributed by atoms with Crippen LogP contribution in [0.2, 0.25) is 0 Å². The minimum Gasteiger partial charge on any atom is -0.381 e. The Labute approximate surface area is 180 Å². The van der Waals surface area contributed by atoms with E-state index in [0.29, 0.717) is 19.1 Å². The third kappa shape index (κ3) is 5.92. The van der Waals surface area contributed by atoms with Crippen LogP contribution in [0.15, 0.2) is 11.1 Å². The number of hydrogen-bond acceptors (Lipinski definition) is 7. The van der Waals surface area contributed by atoms with Crippen LogP contribution >= 0.6 is 0 Å². The molecule has 0 aromatic carbocycles. The molecule has 0 N–H and O–H groups in total. The SMILES string of the molecule is Cc1nc(C(F)(F)F)ncc1S(=O)(=O)N1CCCC(N(C)C2CCOCC2)COCC1. The monoisotopic (exact) mass is 466 g/mol. The van der Waals surface area contributed by atoms with Crippen LogP contribution in [0.1, 0.15) is 37.2 Å². The van der Waals surface area contributed by atoms with Gasteiger partial charge in [0.15, 0.2) is 0 Å². The summed E-state index contributed by atoms with van der Waals surface area (Å²) in [5.74, 6) is -1.35. The fourth-order valence-corrected chi connectivity index (χ4v) is 5.59. The lowest BCUT2D eigenvalue weighted by molar-refractivity contribution is -0.145. The number of sulfonamides is 1. The zero-order valence-corrected chi connectivity index (χ0v) is 18.6. The first kappa shape index (κ1) is 24.3. The molecule has 0 saturated carbocycles. The molecule has 3 heterocycles. The van der Waals surface area contributed by atoms with Crippen LogP contribution in [0.3, 0.4) is 0 Å². The van der Waals surface area contributed by atoms with Gasteiger partial charge in [0.1, 0.15) is 4.90 Å². The highest BCUT2D eigenvalue weighted by Gasteiger charge is 2.36. The molecule has 1 atom stereocenters. The third-order valence-electron chi connectivity index (χ3n) is 5.89. The normalized spacial score (nSPS) is 23.4. The Bertz CT molecular complexity index is 847. The summed E-state index contributed by atoms with van der Waals surface area (Å²) in [7, 11) is -1.97. The second kappa shape index (κ2) is 10.1. The molecule has 0 radical (unpaired) electrons. The first-order valence-corrected chi connectivity index (χ1v) is 11.8. The van der Waals surface area contributed by atoms with Crippen molar-refractivity contribution in [2.45, 2.75) is 55.8 Å². The van der Waals surface area contributed by atoms with Gasteiger partial charge in [-0.3, -0.25) is 4.90 Å². The molecule has 0 aliphatic carbocycles. The van der Waals surface area contributed by atoms with Gasteiger partial charge in [-0.15, -0.1) is 0 Å². The van der Waals surface area contributed by atoms with Gasteiger partial charge in [0.25, 0.3) is 0 Å². The predicted octanol–water partition coefficient (Wildman–Crippen LogP) is 2.08. The van der Waals surface area contributed by atoms with Crippen molar-refractivity contribution in [2.24, 2.45) is 0 Å². The second-order valence-corrected chi connectivity index (χ2v) is 9.83. The summed E-state index contributed by atoms with van der Waals surface area (Å²) in [5.41, 5.74) is -0.222. The summed E-state index contributed by atoms with van der Waals surface area (Å²) in [6.45, 7) is 3.81. The van der Waals surface area contributed by atoms with Crippen LogP contribution in [0.4, 0.5) is 13.2 Å². The van der Waals surface area contributed by atoms with Gasteiger partial charge in [-0.1, -0.05) is 0 Å². The van der Waals surface area contributed by atoms with E-state index in [1.807, 2.05) is 0 Å². The summed E-state index contributed by atoms with van der Waals surface area (Å²) in [4.78, 5) is 8.59. The smallest absolute Gasteiger partial charge is 0.381 e. The molecule has 31 heavy (non-hydrogen) atoms. The van der Waals surface area contributed by atoms with Crippen LogP contribution in [0.5, 0.6) is 0 Å². The molecule has 0 amide bonds. The molecule has 3 rings (SSSR count). The topological polar surface area (TPSA) is 84.9 Å². The van der Waals surface area contributed by atoms with Crippen LogP contribution in [-0.4, -0.2) is 86.2 Å². The van der Waals surface area contributed by atoms with Crippen molar-refractivity contribution in [3.63, 3.8) is 0 Å². The Morgan fingerprint density at radius 2 is 1.81 bits per heavy atom. The molecule has 0 bridgehead atoms. The largest absolute Gasteiger partial charge is 0.451 e. The predicted molar refractivity (Wildman–Crippen MR) is 106 cm³/mol. The molecular weight excluding hydrogens is 437 g/mol. The Morgan fingerprint density at radius 3 is 2.45 bits per heavy atom. The van der Waals surface area contributed by atoms with Gasteiger partial charge < -0.3 is 9.47 Å². The molecule has 2 aliphatic heterocycles. The number of hydrogen-bond donors (Lipinski definition) is 0.